The van der Waals surface area contributed by atoms with Crippen molar-refractivity contribution in [1.29, 1.82) is 0 Å². The first-order chi connectivity index (χ1) is 36.1. The zero-order valence-electron chi connectivity index (χ0n) is 42.7. The molecule has 10 heteroatoms. The van der Waals surface area contributed by atoms with E-state index in [2.05, 4.69) is 82.3 Å². The number of nitrogens with one attached hydrogen (secondary N) is 2. The third-order valence-electron chi connectivity index (χ3n) is 14.9. The Morgan fingerprint density at radius 2 is 1.08 bits per heavy atom. The molecule has 0 bridgehead atoms. The monoisotopic (exact) mass is 988 g/mol. The predicted octanol–water partition coefficient (Wildman–Crippen LogP) is 11.2. The van der Waals surface area contributed by atoms with E-state index in [-0.39, 0.29) is 12.5 Å². The van der Waals surface area contributed by atoms with Crippen LogP contribution in [-0.2, 0) is 61.3 Å². The molecule has 1 aliphatic carbocycles. The lowest BCUT2D eigenvalue weighted by molar-refractivity contribution is -0.310. The van der Waals surface area contributed by atoms with Gasteiger partial charge in [-0.15, -0.1) is 0 Å². The molecule has 10 nitrogen and oxygen atoms in total. The Labute approximate surface area is 434 Å². The lowest BCUT2D eigenvalue weighted by atomic mass is 9.89. The zero-order valence-corrected chi connectivity index (χ0v) is 42.7. The molecule has 1 saturated carbocycles. The number of carbonyl (C=O) groups is 1. The third kappa shape index (κ3) is 16.0. The van der Waals surface area contributed by atoms with E-state index in [0.717, 1.165) is 90.1 Å². The Morgan fingerprint density at radius 1 is 0.548 bits per heavy atom. The minimum atomic E-state index is -0.898. The van der Waals surface area contributed by atoms with Gasteiger partial charge in [0, 0.05) is 13.1 Å². The van der Waals surface area contributed by atoms with Gasteiger partial charge in [0.25, 0.3) is 0 Å². The molecule has 5 atom stereocenters. The van der Waals surface area contributed by atoms with E-state index in [4.69, 9.17) is 28.4 Å². The van der Waals surface area contributed by atoms with Crippen LogP contribution in [0.1, 0.15) is 85.6 Å². The summed E-state index contributed by atoms with van der Waals surface area (Å²) in [5.41, 5.74) is 5.15. The number of nitrogens with zero attached hydrogens (tertiary/aromatic N) is 1. The van der Waals surface area contributed by atoms with Crippen molar-refractivity contribution in [2.24, 2.45) is 11.8 Å². The quantitative estimate of drug-likeness (QED) is 0.0515. The largest absolute Gasteiger partial charge is 0.462 e. The van der Waals surface area contributed by atoms with Crippen LogP contribution in [0, 0.1) is 11.8 Å². The van der Waals surface area contributed by atoms with Crippen LogP contribution in [0.4, 0.5) is 0 Å². The molecule has 9 rings (SSSR count). The maximum absolute atomic E-state index is 13.9. The molecule has 2 saturated heterocycles. The summed E-state index contributed by atoms with van der Waals surface area (Å²) in [6.45, 7) is 7.64. The number of rotatable bonds is 26. The summed E-state index contributed by atoms with van der Waals surface area (Å²) in [6, 6.07) is 52.8. The van der Waals surface area contributed by atoms with Gasteiger partial charge in [0.15, 0.2) is 0 Å². The predicted molar refractivity (Wildman–Crippen MR) is 289 cm³/mol. The van der Waals surface area contributed by atoms with Crippen LogP contribution in [0.15, 0.2) is 158 Å². The first-order valence-electron chi connectivity index (χ1n) is 27.2. The van der Waals surface area contributed by atoms with Crippen LogP contribution in [0.3, 0.4) is 0 Å². The van der Waals surface area contributed by atoms with Crippen molar-refractivity contribution in [2.75, 3.05) is 45.9 Å². The number of piperidine rings is 1. The molecule has 73 heavy (non-hydrogen) atoms. The van der Waals surface area contributed by atoms with Gasteiger partial charge in [0.2, 0.25) is 12.2 Å². The van der Waals surface area contributed by atoms with Crippen LogP contribution in [0.2, 0.25) is 0 Å². The fraction of sp³-hybridized carbons (Fsp3) is 0.444. The molecule has 3 fully saturated rings. The van der Waals surface area contributed by atoms with Gasteiger partial charge in [-0.2, -0.15) is 0 Å². The summed E-state index contributed by atoms with van der Waals surface area (Å²) >= 11 is 0. The highest BCUT2D eigenvalue weighted by Gasteiger charge is 2.50. The van der Waals surface area contributed by atoms with E-state index in [1.54, 1.807) is 0 Å². The van der Waals surface area contributed by atoms with Crippen molar-refractivity contribution < 1.29 is 33.2 Å². The summed E-state index contributed by atoms with van der Waals surface area (Å²) < 4.78 is 41.1. The van der Waals surface area contributed by atoms with E-state index in [1.807, 2.05) is 91.0 Å². The SMILES string of the molecule is O=C(Cc1cccc2cc(OC3O[C@H](COCc4ccccc4)[C@@H](OCc4ccccc4)[C@H](OCc4ccccc4)[C@H]3OCc3ccccc3)ccc12)N1CCC(CNCCCCNCC2CCCCC2)CC1. The van der Waals surface area contributed by atoms with Crippen LogP contribution < -0.4 is 15.4 Å². The van der Waals surface area contributed by atoms with E-state index < -0.39 is 30.7 Å². The Morgan fingerprint density at radius 3 is 1.67 bits per heavy atom. The molecule has 0 radical (unpaired) electrons. The number of carbonyl (C=O) groups excluding carboxylic acids is 1. The van der Waals surface area contributed by atoms with Gasteiger partial charge < -0.3 is 44.0 Å². The molecular weight excluding hydrogens is 911 g/mol. The number of amides is 1. The molecule has 3 aliphatic rings. The highest BCUT2D eigenvalue weighted by Crippen LogP contribution is 2.34. The van der Waals surface area contributed by atoms with Crippen LogP contribution >= 0.6 is 0 Å². The Balaban J connectivity index is 0.863. The average molecular weight is 988 g/mol. The Hall–Kier alpha value is -5.43. The third-order valence-corrected chi connectivity index (χ3v) is 14.9. The van der Waals surface area contributed by atoms with Gasteiger partial charge in [0.1, 0.15) is 30.2 Å². The smallest absolute Gasteiger partial charge is 0.229 e. The van der Waals surface area contributed by atoms with E-state index in [1.165, 1.54) is 51.5 Å². The van der Waals surface area contributed by atoms with E-state index in [0.29, 0.717) is 44.5 Å². The van der Waals surface area contributed by atoms with Gasteiger partial charge in [0.05, 0.1) is 39.5 Å². The van der Waals surface area contributed by atoms with Gasteiger partial charge in [-0.25, -0.2) is 0 Å². The molecular formula is C63H77N3O7. The minimum Gasteiger partial charge on any atom is -0.462 e. The first-order valence-corrected chi connectivity index (χ1v) is 27.2. The molecule has 2 aliphatic heterocycles. The zero-order chi connectivity index (χ0) is 49.7. The first kappa shape index (κ1) is 52.4. The minimum absolute atomic E-state index is 0.181. The normalized spacial score (nSPS) is 20.8. The lowest BCUT2D eigenvalue weighted by Crippen LogP contribution is -2.62. The second kappa shape index (κ2) is 28.3. The summed E-state index contributed by atoms with van der Waals surface area (Å²) in [5, 5.41) is 9.42. The molecule has 1 unspecified atom stereocenters. The van der Waals surface area contributed by atoms with Gasteiger partial charge in [-0.05, 0) is 127 Å². The highest BCUT2D eigenvalue weighted by molar-refractivity contribution is 5.91. The van der Waals surface area contributed by atoms with Crippen LogP contribution in [0.25, 0.3) is 10.8 Å². The topological polar surface area (TPSA) is 99.8 Å². The van der Waals surface area contributed by atoms with Gasteiger partial charge in [-0.1, -0.05) is 165 Å². The van der Waals surface area contributed by atoms with Crippen molar-refractivity contribution in [1.82, 2.24) is 15.5 Å². The molecule has 0 spiro atoms. The van der Waals surface area contributed by atoms with E-state index in [9.17, 15) is 4.79 Å². The molecule has 0 aromatic heterocycles. The number of fused-ring (bicyclic) bond motifs is 1. The second-order valence-electron chi connectivity index (χ2n) is 20.4. The van der Waals surface area contributed by atoms with Crippen LogP contribution in [0.5, 0.6) is 5.75 Å². The standard InChI is InChI=1S/C63H77N3O7/c67-59(66-37-33-49(34-38-66)42-65-36-17-16-35-64-41-48-19-6-1-7-20-48)40-55-30-18-29-54-39-56(31-32-57(54)55)72-63-62(71-46-53-27-14-5-15-28-53)61(70-45-52-25-12-4-13-26-52)60(69-44-51-23-10-3-11-24-51)58(73-63)47-68-43-50-21-8-2-9-22-50/h2-5,8-15,18,21-32,39,48-49,58,60-65H,1,6-7,16-17,19-20,33-38,40-47H2/t58-,60-,61+,62-,63?/m1/s1. The summed E-state index contributed by atoms with van der Waals surface area (Å²) in [5.74, 6) is 2.30. The van der Waals surface area contributed by atoms with Crippen molar-refractivity contribution in [3.63, 3.8) is 0 Å². The second-order valence-corrected chi connectivity index (χ2v) is 20.4. The number of benzene rings is 6. The summed E-state index contributed by atoms with van der Waals surface area (Å²) in [6.07, 6.45) is 8.50. The van der Waals surface area contributed by atoms with Crippen molar-refractivity contribution in [2.45, 2.75) is 121 Å². The van der Waals surface area contributed by atoms with Gasteiger partial charge >= 0.3 is 0 Å². The highest BCUT2D eigenvalue weighted by atomic mass is 16.7. The van der Waals surface area contributed by atoms with Crippen molar-refractivity contribution in [3.05, 3.63) is 186 Å². The average Bonchev–Trinajstić information content (AvgIpc) is 3.44. The Bertz CT molecular complexity index is 2500. The van der Waals surface area contributed by atoms with Crippen molar-refractivity contribution in [3.8, 4) is 5.75 Å². The molecule has 386 valence electrons. The molecule has 1 amide bonds. The molecule has 6 aromatic carbocycles. The van der Waals surface area contributed by atoms with E-state index >= 15 is 0 Å². The van der Waals surface area contributed by atoms with Gasteiger partial charge in [-0.3, -0.25) is 4.79 Å². The summed E-state index contributed by atoms with van der Waals surface area (Å²) in [7, 11) is 0. The maximum Gasteiger partial charge on any atom is 0.229 e. The fourth-order valence-corrected chi connectivity index (χ4v) is 10.7. The van der Waals surface area contributed by atoms with Crippen molar-refractivity contribution >= 4 is 16.7 Å². The number of likely N-dealkylation sites (tertiary alicyclic amines) is 1. The maximum atomic E-state index is 13.9. The van der Waals surface area contributed by atoms with Crippen LogP contribution in [-0.4, -0.2) is 87.4 Å². The molecule has 6 aromatic rings. The number of hydrogen-bond donors (Lipinski definition) is 2. The summed E-state index contributed by atoms with van der Waals surface area (Å²) in [4.78, 5) is 15.9. The Kier molecular flexibility index (Phi) is 20.3. The number of unbranched alkanes of at least 4 members (excludes halogenated alkanes) is 1. The number of ether oxygens (including phenoxy) is 6. The molecule has 2 heterocycles. The number of hydrogen-bond acceptors (Lipinski definition) is 9. The lowest BCUT2D eigenvalue weighted by Gasteiger charge is -2.45. The molecule has 2 N–H and O–H groups in total. The fourth-order valence-electron chi connectivity index (χ4n) is 10.7.